The highest BCUT2D eigenvalue weighted by Gasteiger charge is 2.32. The molecule has 31 heavy (non-hydrogen) atoms. The summed E-state index contributed by atoms with van der Waals surface area (Å²) in [5.41, 5.74) is 4.82. The maximum Gasteiger partial charge on any atom is 0.410 e. The maximum absolute atomic E-state index is 12.8. The summed E-state index contributed by atoms with van der Waals surface area (Å²) in [6.45, 7) is 0.116. The van der Waals surface area contributed by atoms with Gasteiger partial charge in [-0.05, 0) is 55.9 Å². The van der Waals surface area contributed by atoms with Gasteiger partial charge >= 0.3 is 12.1 Å². The van der Waals surface area contributed by atoms with E-state index >= 15 is 0 Å². The number of aliphatic carboxylic acids is 1. The summed E-state index contributed by atoms with van der Waals surface area (Å²) < 4.78 is 6.23. The van der Waals surface area contributed by atoms with Gasteiger partial charge in [0, 0.05) is 17.4 Å². The van der Waals surface area contributed by atoms with E-state index in [0.717, 1.165) is 27.2 Å². The predicted octanol–water partition coefficient (Wildman–Crippen LogP) is 6.11. The van der Waals surface area contributed by atoms with Crippen molar-refractivity contribution in [3.8, 4) is 11.1 Å². The number of carbonyl (C=O) groups is 2. The van der Waals surface area contributed by atoms with Crippen molar-refractivity contribution < 1.29 is 19.4 Å². The minimum absolute atomic E-state index is 0.102. The van der Waals surface area contributed by atoms with Crippen molar-refractivity contribution in [1.29, 1.82) is 0 Å². The maximum atomic E-state index is 12.8. The van der Waals surface area contributed by atoms with Gasteiger partial charge in [0.25, 0.3) is 0 Å². The van der Waals surface area contributed by atoms with Gasteiger partial charge in [-0.25, -0.2) is 9.59 Å². The predicted molar refractivity (Wildman–Crippen MR) is 122 cm³/mol. The molecule has 158 valence electrons. The number of amides is 1. The molecular weight excluding hydrogens is 482 g/mol. The molecule has 4 rings (SSSR count). The summed E-state index contributed by atoms with van der Waals surface area (Å²) in [5.74, 6) is -1.27. The Morgan fingerprint density at radius 1 is 1.06 bits per heavy atom. The Morgan fingerprint density at radius 2 is 1.65 bits per heavy atom. The first-order valence-electron chi connectivity index (χ1n) is 9.64. The molecule has 5 nitrogen and oxygen atoms in total. The molecular formula is C24H19BrClNO4. The molecule has 0 aliphatic heterocycles. The number of rotatable bonds is 5. The number of carboxylic acid groups (broad SMARTS) is 1. The smallest absolute Gasteiger partial charge is 0.410 e. The van der Waals surface area contributed by atoms with Crippen molar-refractivity contribution in [1.82, 2.24) is 4.90 Å². The topological polar surface area (TPSA) is 66.8 Å². The monoisotopic (exact) mass is 499 g/mol. The van der Waals surface area contributed by atoms with E-state index in [9.17, 15) is 14.7 Å². The zero-order valence-corrected chi connectivity index (χ0v) is 18.9. The number of benzene rings is 3. The van der Waals surface area contributed by atoms with Crippen molar-refractivity contribution >= 4 is 39.6 Å². The minimum atomic E-state index is -1.22. The lowest BCUT2D eigenvalue weighted by atomic mass is 9.98. The molecule has 1 aliphatic rings. The van der Waals surface area contributed by atoms with Crippen LogP contribution in [-0.4, -0.2) is 35.7 Å². The number of carboxylic acids is 1. The van der Waals surface area contributed by atoms with Gasteiger partial charge in [-0.2, -0.15) is 0 Å². The second-order valence-corrected chi connectivity index (χ2v) is 8.59. The summed E-state index contributed by atoms with van der Waals surface area (Å²) in [6, 6.07) is 19.6. The lowest BCUT2D eigenvalue weighted by Gasteiger charge is -2.25. The Labute approximate surface area is 193 Å². The zero-order valence-electron chi connectivity index (χ0n) is 16.6. The number of ether oxygens (including phenoxy) is 1. The second-order valence-electron chi connectivity index (χ2n) is 7.33. The lowest BCUT2D eigenvalue weighted by Crippen LogP contribution is -2.36. The van der Waals surface area contributed by atoms with Crippen LogP contribution in [0.1, 0.15) is 28.7 Å². The van der Waals surface area contributed by atoms with Crippen LogP contribution in [0.5, 0.6) is 0 Å². The fourth-order valence-electron chi connectivity index (χ4n) is 4.02. The van der Waals surface area contributed by atoms with Gasteiger partial charge in [-0.3, -0.25) is 4.90 Å². The fourth-order valence-corrected chi connectivity index (χ4v) is 4.45. The third kappa shape index (κ3) is 4.05. The Kier molecular flexibility index (Phi) is 6.03. The third-order valence-electron chi connectivity index (χ3n) is 5.50. The summed E-state index contributed by atoms with van der Waals surface area (Å²) in [7, 11) is 1.41. The van der Waals surface area contributed by atoms with Crippen LogP contribution in [0.2, 0.25) is 5.02 Å². The SMILES string of the molecule is CN(C(=O)OCC1c2ccccc2-c2ccccc21)C(C(=O)O)c1ccc(Br)c(Cl)c1. The molecule has 0 aromatic heterocycles. The van der Waals surface area contributed by atoms with Gasteiger partial charge < -0.3 is 9.84 Å². The Morgan fingerprint density at radius 3 is 2.19 bits per heavy atom. The van der Waals surface area contributed by atoms with E-state index in [4.69, 9.17) is 16.3 Å². The van der Waals surface area contributed by atoms with Crippen LogP contribution in [0.25, 0.3) is 11.1 Å². The highest BCUT2D eigenvalue weighted by molar-refractivity contribution is 9.10. The molecule has 0 heterocycles. The van der Waals surface area contributed by atoms with E-state index < -0.39 is 18.1 Å². The highest BCUT2D eigenvalue weighted by atomic mass is 79.9. The van der Waals surface area contributed by atoms with Crippen LogP contribution >= 0.6 is 27.5 Å². The number of fused-ring (bicyclic) bond motifs is 3. The van der Waals surface area contributed by atoms with E-state index in [1.165, 1.54) is 13.1 Å². The molecule has 0 spiro atoms. The van der Waals surface area contributed by atoms with Crippen molar-refractivity contribution in [2.45, 2.75) is 12.0 Å². The van der Waals surface area contributed by atoms with E-state index in [1.54, 1.807) is 12.1 Å². The van der Waals surface area contributed by atoms with Gasteiger partial charge in [0.05, 0.1) is 5.02 Å². The molecule has 3 aromatic carbocycles. The molecule has 1 amide bonds. The average molecular weight is 501 g/mol. The molecule has 0 radical (unpaired) electrons. The summed E-state index contributed by atoms with van der Waals surface area (Å²) >= 11 is 9.40. The third-order valence-corrected chi connectivity index (χ3v) is 6.74. The Hall–Kier alpha value is -2.83. The molecule has 0 bridgehead atoms. The van der Waals surface area contributed by atoms with E-state index in [1.807, 2.05) is 36.4 Å². The van der Waals surface area contributed by atoms with Crippen LogP contribution in [-0.2, 0) is 9.53 Å². The number of hydrogen-bond acceptors (Lipinski definition) is 3. The van der Waals surface area contributed by atoms with Crippen molar-refractivity contribution in [2.75, 3.05) is 13.7 Å². The number of carbonyl (C=O) groups excluding carboxylic acids is 1. The van der Waals surface area contributed by atoms with Gasteiger partial charge in [-0.15, -0.1) is 0 Å². The first-order chi connectivity index (χ1) is 14.9. The van der Waals surface area contributed by atoms with E-state index in [0.29, 0.717) is 15.1 Å². The first-order valence-corrected chi connectivity index (χ1v) is 10.8. The van der Waals surface area contributed by atoms with Crippen molar-refractivity contribution in [2.24, 2.45) is 0 Å². The van der Waals surface area contributed by atoms with Crippen LogP contribution in [0, 0.1) is 0 Å². The van der Waals surface area contributed by atoms with E-state index in [2.05, 4.69) is 28.1 Å². The molecule has 1 atom stereocenters. The number of hydrogen-bond donors (Lipinski definition) is 1. The van der Waals surface area contributed by atoms with Gasteiger partial charge in [0.1, 0.15) is 6.61 Å². The molecule has 1 N–H and O–H groups in total. The molecule has 0 saturated heterocycles. The summed E-state index contributed by atoms with van der Waals surface area (Å²) in [5, 5.41) is 10.1. The van der Waals surface area contributed by atoms with Crippen LogP contribution in [0.4, 0.5) is 4.79 Å². The van der Waals surface area contributed by atoms with Crippen LogP contribution in [0.15, 0.2) is 71.2 Å². The number of halogens is 2. The van der Waals surface area contributed by atoms with Gasteiger partial charge in [-0.1, -0.05) is 66.2 Å². The minimum Gasteiger partial charge on any atom is -0.479 e. The van der Waals surface area contributed by atoms with Crippen LogP contribution in [0.3, 0.4) is 0 Å². The Balaban J connectivity index is 1.54. The van der Waals surface area contributed by atoms with Gasteiger partial charge in [0.2, 0.25) is 0 Å². The Bertz CT molecular complexity index is 1120. The molecule has 0 fully saturated rings. The van der Waals surface area contributed by atoms with Crippen molar-refractivity contribution in [3.63, 3.8) is 0 Å². The quantitative estimate of drug-likeness (QED) is 0.459. The molecule has 3 aromatic rings. The first kappa shape index (κ1) is 21.4. The average Bonchev–Trinajstić information content (AvgIpc) is 3.08. The second kappa shape index (κ2) is 8.73. The van der Waals surface area contributed by atoms with Gasteiger partial charge in [0.15, 0.2) is 6.04 Å². The summed E-state index contributed by atoms with van der Waals surface area (Å²) in [4.78, 5) is 25.8. The fraction of sp³-hybridized carbons (Fsp3) is 0.167. The molecule has 1 aliphatic carbocycles. The molecule has 0 saturated carbocycles. The van der Waals surface area contributed by atoms with Crippen molar-refractivity contribution in [3.05, 3.63) is 92.9 Å². The lowest BCUT2D eigenvalue weighted by molar-refractivity contribution is -0.142. The normalized spacial score (nSPS) is 13.3. The van der Waals surface area contributed by atoms with E-state index in [-0.39, 0.29) is 12.5 Å². The molecule has 1 unspecified atom stereocenters. The molecule has 7 heteroatoms. The zero-order chi connectivity index (χ0) is 22.1. The number of likely N-dealkylation sites (N-methyl/N-ethyl adjacent to an activating group) is 1. The largest absolute Gasteiger partial charge is 0.479 e. The van der Waals surface area contributed by atoms with Crippen LogP contribution < -0.4 is 0 Å². The highest BCUT2D eigenvalue weighted by Crippen LogP contribution is 2.44. The number of nitrogens with zero attached hydrogens (tertiary/aromatic N) is 1. The standard InChI is InChI=1S/C24H19BrClNO4/c1-27(22(23(28)29)14-10-11-20(25)21(26)12-14)24(30)31-13-19-17-8-4-2-6-15(17)16-7-3-5-9-18(16)19/h2-12,19,22H,13H2,1H3,(H,28,29). The summed E-state index contributed by atoms with van der Waals surface area (Å²) in [6.07, 6.45) is -0.715.